The molecule has 8 heteroatoms. The van der Waals surface area contributed by atoms with Gasteiger partial charge in [0.05, 0.1) is 18.2 Å². The number of nitrogens with one attached hydrogen (secondary N) is 1. The molecular weight excluding hydrogens is 387 g/mol. The summed E-state index contributed by atoms with van der Waals surface area (Å²) in [6, 6.07) is 3.25. The fraction of sp³-hybridized carbons (Fsp3) is 0.500. The van der Waals surface area contributed by atoms with Gasteiger partial charge in [0.1, 0.15) is 14.1 Å². The quantitative estimate of drug-likeness (QED) is 0.452. The maximum absolute atomic E-state index is 13.1. The van der Waals surface area contributed by atoms with Gasteiger partial charge in [-0.3, -0.25) is 4.79 Å². The maximum Gasteiger partial charge on any atom is 0.417 e. The molecule has 0 saturated carbocycles. The average molecular weight is 414 g/mol. The van der Waals surface area contributed by atoms with Crippen LogP contribution in [0.15, 0.2) is 24.3 Å². The maximum atomic E-state index is 13.1. The monoisotopic (exact) mass is 413 g/mol. The zero-order valence-corrected chi connectivity index (χ0v) is 18.0. The van der Waals surface area contributed by atoms with Crippen LogP contribution in [-0.4, -0.2) is 33.1 Å². The summed E-state index contributed by atoms with van der Waals surface area (Å²) in [5, 5.41) is 2.33. The third kappa shape index (κ3) is 6.13. The lowest BCUT2D eigenvalue weighted by atomic mass is 10.1. The molecular formula is C20H26F3NO3Si. The van der Waals surface area contributed by atoms with Gasteiger partial charge in [-0.2, -0.15) is 13.2 Å². The first-order chi connectivity index (χ1) is 12.7. The Hall–Kier alpha value is -2.27. The molecule has 0 aromatic heterocycles. The summed E-state index contributed by atoms with van der Waals surface area (Å²) in [4.78, 5) is 24.4. The zero-order chi connectivity index (χ0) is 21.8. The van der Waals surface area contributed by atoms with E-state index >= 15 is 0 Å². The summed E-state index contributed by atoms with van der Waals surface area (Å²) >= 11 is 0. The second-order valence-corrected chi connectivity index (χ2v) is 13.0. The van der Waals surface area contributed by atoms with Crippen LogP contribution >= 0.6 is 0 Å². The number of esters is 1. The number of ether oxygens (including phenoxy) is 1. The average Bonchev–Trinajstić information content (AvgIpc) is 2.58. The molecule has 0 heterocycles. The molecule has 1 N–H and O–H groups in total. The third-order valence-corrected chi connectivity index (χ3v) is 9.40. The molecule has 0 fully saturated rings. The van der Waals surface area contributed by atoms with Gasteiger partial charge in [0.25, 0.3) is 5.91 Å². The molecule has 0 aliphatic carbocycles. The highest BCUT2D eigenvalue weighted by atomic mass is 28.3. The highest BCUT2D eigenvalue weighted by Gasteiger charge is 2.36. The molecule has 0 spiro atoms. The second kappa shape index (κ2) is 8.82. The van der Waals surface area contributed by atoms with Gasteiger partial charge in [0, 0.05) is 6.42 Å². The van der Waals surface area contributed by atoms with Crippen LogP contribution in [0.3, 0.4) is 0 Å². The standard InChI is InChI=1S/C20H26F3NO3Si/c1-19(2,3)28(5,6)13-9-12-16(18(26)27-4)24-17(25)14-10-7-8-11-15(14)20(21,22)23/h7-8,10-11,16H,12H2,1-6H3,(H,24,25)/t16-/m1/s1. The van der Waals surface area contributed by atoms with Crippen molar-refractivity contribution in [1.82, 2.24) is 5.32 Å². The van der Waals surface area contributed by atoms with E-state index in [9.17, 15) is 22.8 Å². The predicted octanol–water partition coefficient (Wildman–Crippen LogP) is 4.42. The number of carbonyl (C=O) groups excluding carboxylic acids is 2. The zero-order valence-electron chi connectivity index (χ0n) is 17.0. The molecule has 1 rings (SSSR count). The topological polar surface area (TPSA) is 55.4 Å². The van der Waals surface area contributed by atoms with Crippen molar-refractivity contribution in [2.24, 2.45) is 0 Å². The van der Waals surface area contributed by atoms with Crippen molar-refractivity contribution >= 4 is 20.0 Å². The third-order valence-electron chi connectivity index (χ3n) is 4.85. The van der Waals surface area contributed by atoms with Crippen molar-refractivity contribution in [2.45, 2.75) is 57.5 Å². The molecule has 0 unspecified atom stereocenters. The molecule has 1 aromatic carbocycles. The molecule has 0 radical (unpaired) electrons. The summed E-state index contributed by atoms with van der Waals surface area (Å²) < 4.78 is 44.0. The van der Waals surface area contributed by atoms with Crippen molar-refractivity contribution < 1.29 is 27.5 Å². The van der Waals surface area contributed by atoms with Crippen LogP contribution in [0, 0.1) is 11.5 Å². The molecule has 1 atom stereocenters. The highest BCUT2D eigenvalue weighted by Crippen LogP contribution is 2.35. The molecule has 4 nitrogen and oxygen atoms in total. The minimum atomic E-state index is -4.68. The number of methoxy groups -OCH3 is 1. The van der Waals surface area contributed by atoms with Crippen LogP contribution in [0.2, 0.25) is 18.1 Å². The Morgan fingerprint density at radius 2 is 1.75 bits per heavy atom. The van der Waals surface area contributed by atoms with Gasteiger partial charge >= 0.3 is 12.1 Å². The number of amides is 1. The molecule has 28 heavy (non-hydrogen) atoms. The summed E-state index contributed by atoms with van der Waals surface area (Å²) in [6.07, 6.45) is -4.73. The summed E-state index contributed by atoms with van der Waals surface area (Å²) in [6.45, 7) is 10.4. The first-order valence-corrected chi connectivity index (χ1v) is 11.8. The fourth-order valence-electron chi connectivity index (χ4n) is 2.06. The van der Waals surface area contributed by atoms with Gasteiger partial charge in [-0.25, -0.2) is 4.79 Å². The lowest BCUT2D eigenvalue weighted by Crippen LogP contribution is -2.42. The largest absolute Gasteiger partial charge is 0.467 e. The van der Waals surface area contributed by atoms with Crippen molar-refractivity contribution in [3.05, 3.63) is 35.4 Å². The number of hydrogen-bond donors (Lipinski definition) is 1. The van der Waals surface area contributed by atoms with E-state index < -0.39 is 43.3 Å². The number of halogens is 3. The van der Waals surface area contributed by atoms with Crippen LogP contribution in [0.25, 0.3) is 0 Å². The number of alkyl halides is 3. The molecule has 0 saturated heterocycles. The second-order valence-electron chi connectivity index (χ2n) is 7.97. The Bertz CT molecular complexity index is 786. The van der Waals surface area contributed by atoms with E-state index in [1.165, 1.54) is 12.1 Å². The minimum Gasteiger partial charge on any atom is -0.467 e. The summed E-state index contributed by atoms with van der Waals surface area (Å²) in [5.74, 6) is 1.16. The molecule has 0 aliphatic rings. The Kier molecular flexibility index (Phi) is 7.49. The summed E-state index contributed by atoms with van der Waals surface area (Å²) in [5.41, 5.74) is 1.59. The van der Waals surface area contributed by atoms with E-state index in [-0.39, 0.29) is 11.5 Å². The minimum absolute atomic E-state index is 0.00958. The van der Waals surface area contributed by atoms with Crippen LogP contribution in [0.4, 0.5) is 13.2 Å². The van der Waals surface area contributed by atoms with Crippen molar-refractivity contribution in [1.29, 1.82) is 0 Å². The van der Waals surface area contributed by atoms with Crippen LogP contribution in [-0.2, 0) is 15.7 Å². The lowest BCUT2D eigenvalue weighted by Gasteiger charge is -2.31. The summed E-state index contributed by atoms with van der Waals surface area (Å²) in [7, 11) is -0.784. The van der Waals surface area contributed by atoms with E-state index in [1.54, 1.807) is 0 Å². The Morgan fingerprint density at radius 3 is 2.25 bits per heavy atom. The van der Waals surface area contributed by atoms with Crippen LogP contribution < -0.4 is 5.32 Å². The van der Waals surface area contributed by atoms with Crippen molar-refractivity contribution in [2.75, 3.05) is 7.11 Å². The van der Waals surface area contributed by atoms with E-state index in [4.69, 9.17) is 0 Å². The van der Waals surface area contributed by atoms with Crippen molar-refractivity contribution in [3.8, 4) is 11.5 Å². The lowest BCUT2D eigenvalue weighted by molar-refractivity contribution is -0.142. The number of benzene rings is 1. The highest BCUT2D eigenvalue weighted by molar-refractivity contribution is 6.87. The van der Waals surface area contributed by atoms with Gasteiger partial charge in [-0.05, 0) is 17.2 Å². The number of carbonyl (C=O) groups is 2. The van der Waals surface area contributed by atoms with Gasteiger partial charge in [0.2, 0.25) is 0 Å². The van der Waals surface area contributed by atoms with E-state index in [2.05, 4.69) is 55.4 Å². The van der Waals surface area contributed by atoms with Gasteiger partial charge in [0.15, 0.2) is 0 Å². The first kappa shape index (κ1) is 23.8. The van der Waals surface area contributed by atoms with E-state index in [0.717, 1.165) is 19.2 Å². The van der Waals surface area contributed by atoms with E-state index in [0.29, 0.717) is 0 Å². The number of hydrogen-bond acceptors (Lipinski definition) is 3. The van der Waals surface area contributed by atoms with E-state index in [1.807, 2.05) is 0 Å². The molecule has 0 aliphatic heterocycles. The fourth-order valence-corrected chi connectivity index (χ4v) is 2.98. The Balaban J connectivity index is 3.08. The normalized spacial score (nSPS) is 13.2. The van der Waals surface area contributed by atoms with Gasteiger partial charge in [-0.15, -0.1) is 11.5 Å². The van der Waals surface area contributed by atoms with Gasteiger partial charge in [-0.1, -0.05) is 46.0 Å². The molecule has 1 amide bonds. The molecule has 154 valence electrons. The Morgan fingerprint density at radius 1 is 1.18 bits per heavy atom. The Labute approximate surface area is 164 Å². The molecule has 1 aromatic rings. The van der Waals surface area contributed by atoms with Crippen molar-refractivity contribution in [3.63, 3.8) is 0 Å². The predicted molar refractivity (Wildman–Crippen MR) is 104 cm³/mol. The first-order valence-electron chi connectivity index (χ1n) is 8.75. The van der Waals surface area contributed by atoms with Crippen LogP contribution in [0.5, 0.6) is 0 Å². The van der Waals surface area contributed by atoms with Gasteiger partial charge < -0.3 is 10.1 Å². The molecule has 0 bridgehead atoms. The van der Waals surface area contributed by atoms with Crippen LogP contribution in [0.1, 0.15) is 43.1 Å². The SMILES string of the molecule is COC(=O)[C@@H](CC#C[Si](C)(C)C(C)(C)C)NC(=O)c1ccccc1C(F)(F)F. The smallest absolute Gasteiger partial charge is 0.417 e. The number of rotatable bonds is 4.